The fourth-order valence-electron chi connectivity index (χ4n) is 1.79. The van der Waals surface area contributed by atoms with Crippen molar-refractivity contribution >= 4 is 27.9 Å². The Morgan fingerprint density at radius 2 is 1.88 bits per heavy atom. The molecule has 1 heterocycles. The molecule has 0 spiro atoms. The predicted octanol–water partition coefficient (Wildman–Crippen LogP) is 3.57. The van der Waals surface area contributed by atoms with Gasteiger partial charge in [0.25, 0.3) is 0 Å². The molecular formula is C12H16BrNOS. The number of benzene rings is 1. The van der Waals surface area contributed by atoms with Crippen molar-refractivity contribution in [1.82, 2.24) is 4.31 Å². The fourth-order valence-corrected chi connectivity index (χ4v) is 3.00. The van der Waals surface area contributed by atoms with Gasteiger partial charge < -0.3 is 4.74 Å². The Morgan fingerprint density at radius 1 is 1.25 bits per heavy atom. The number of rotatable bonds is 3. The van der Waals surface area contributed by atoms with E-state index in [-0.39, 0.29) is 0 Å². The average Bonchev–Trinajstić information content (AvgIpc) is 2.33. The molecule has 0 atom stereocenters. The summed E-state index contributed by atoms with van der Waals surface area (Å²) >= 11 is 5.26. The molecule has 2 nitrogen and oxygen atoms in total. The fraction of sp³-hybridized carbons (Fsp3) is 0.500. The van der Waals surface area contributed by atoms with Crippen LogP contribution in [0.25, 0.3) is 0 Å². The molecule has 2 rings (SSSR count). The lowest BCUT2D eigenvalue weighted by atomic mass is 10.1. The molecule has 0 unspecified atom stereocenters. The summed E-state index contributed by atoms with van der Waals surface area (Å²) in [4.78, 5) is 1.29. The Labute approximate surface area is 110 Å². The van der Waals surface area contributed by atoms with Crippen molar-refractivity contribution in [2.24, 2.45) is 0 Å². The normalized spacial score (nSPS) is 17.9. The Kier molecular flexibility index (Phi) is 4.70. The van der Waals surface area contributed by atoms with E-state index < -0.39 is 0 Å². The minimum atomic E-state index is 0.641. The first-order valence-electron chi connectivity index (χ1n) is 5.50. The number of hydrogen-bond acceptors (Lipinski definition) is 3. The molecular weight excluding hydrogens is 286 g/mol. The van der Waals surface area contributed by atoms with Gasteiger partial charge in [-0.25, -0.2) is 4.31 Å². The van der Waals surface area contributed by atoms with Crippen molar-refractivity contribution in [3.63, 3.8) is 0 Å². The van der Waals surface area contributed by atoms with Crippen LogP contribution in [-0.4, -0.2) is 30.6 Å². The van der Waals surface area contributed by atoms with Crippen molar-refractivity contribution in [1.29, 1.82) is 0 Å². The molecule has 1 fully saturated rings. The summed E-state index contributed by atoms with van der Waals surface area (Å²) in [6, 6.07) is 9.09. The topological polar surface area (TPSA) is 12.5 Å². The Hall–Kier alpha value is -0.0300. The van der Waals surface area contributed by atoms with Crippen LogP contribution in [-0.2, 0) is 4.74 Å². The van der Waals surface area contributed by atoms with E-state index in [1.807, 2.05) is 11.9 Å². The van der Waals surface area contributed by atoms with E-state index in [1.165, 1.54) is 4.90 Å². The molecule has 1 aliphatic heterocycles. The first-order valence-corrected chi connectivity index (χ1v) is 7.06. The molecule has 1 saturated heterocycles. The van der Waals surface area contributed by atoms with Crippen LogP contribution < -0.4 is 0 Å². The maximum absolute atomic E-state index is 5.37. The zero-order valence-electron chi connectivity index (χ0n) is 9.36. The third-order valence-corrected chi connectivity index (χ3v) is 4.37. The van der Waals surface area contributed by atoms with Gasteiger partial charge in [-0.3, -0.25) is 0 Å². The minimum Gasteiger partial charge on any atom is -0.381 e. The summed E-state index contributed by atoms with van der Waals surface area (Å²) in [7, 11) is 2.17. The third kappa shape index (κ3) is 3.48. The Balaban J connectivity index is 1.90. The second kappa shape index (κ2) is 6.05. The van der Waals surface area contributed by atoms with Gasteiger partial charge >= 0.3 is 0 Å². The Bertz CT molecular complexity index is 324. The molecule has 0 aliphatic carbocycles. The smallest absolute Gasteiger partial charge is 0.0481 e. The van der Waals surface area contributed by atoms with Crippen LogP contribution in [0, 0.1) is 0 Å². The van der Waals surface area contributed by atoms with Crippen LogP contribution >= 0.6 is 27.9 Å². The quantitative estimate of drug-likeness (QED) is 0.792. The van der Waals surface area contributed by atoms with E-state index in [9.17, 15) is 0 Å². The third-order valence-electron chi connectivity index (χ3n) is 2.77. The van der Waals surface area contributed by atoms with Gasteiger partial charge in [0.15, 0.2) is 0 Å². The molecule has 0 amide bonds. The van der Waals surface area contributed by atoms with Crippen molar-refractivity contribution < 1.29 is 4.74 Å². The van der Waals surface area contributed by atoms with Gasteiger partial charge in [-0.15, -0.1) is 0 Å². The molecule has 0 N–H and O–H groups in total. The summed E-state index contributed by atoms with van der Waals surface area (Å²) in [5.74, 6) is 0. The SMILES string of the molecule is CN(Sc1ccc(Br)cc1)C1CCOCC1. The molecule has 88 valence electrons. The van der Waals surface area contributed by atoms with E-state index in [0.29, 0.717) is 6.04 Å². The van der Waals surface area contributed by atoms with Crippen LogP contribution in [0.3, 0.4) is 0 Å². The van der Waals surface area contributed by atoms with Crippen LogP contribution in [0.2, 0.25) is 0 Å². The Morgan fingerprint density at radius 3 is 2.50 bits per heavy atom. The molecule has 0 bridgehead atoms. The summed E-state index contributed by atoms with van der Waals surface area (Å²) in [5, 5.41) is 0. The highest BCUT2D eigenvalue weighted by molar-refractivity contribution is 9.10. The molecule has 1 aromatic rings. The molecule has 1 aliphatic rings. The highest BCUT2D eigenvalue weighted by Gasteiger charge is 2.18. The molecule has 4 heteroatoms. The van der Waals surface area contributed by atoms with Gasteiger partial charge in [0.1, 0.15) is 0 Å². The van der Waals surface area contributed by atoms with Crippen LogP contribution in [0.4, 0.5) is 0 Å². The van der Waals surface area contributed by atoms with E-state index >= 15 is 0 Å². The standard InChI is InChI=1S/C12H16BrNOS/c1-14(11-6-8-15-9-7-11)16-12-4-2-10(13)3-5-12/h2-5,11H,6-9H2,1H3. The van der Waals surface area contributed by atoms with Gasteiger partial charge in [-0.05, 0) is 56.1 Å². The van der Waals surface area contributed by atoms with Crippen molar-refractivity contribution in [3.05, 3.63) is 28.7 Å². The van der Waals surface area contributed by atoms with Crippen LogP contribution in [0.15, 0.2) is 33.6 Å². The van der Waals surface area contributed by atoms with Crippen molar-refractivity contribution in [2.75, 3.05) is 20.3 Å². The lowest BCUT2D eigenvalue weighted by molar-refractivity contribution is 0.0652. The molecule has 0 saturated carbocycles. The molecule has 1 aromatic carbocycles. The summed E-state index contributed by atoms with van der Waals surface area (Å²) < 4.78 is 8.86. The first kappa shape index (κ1) is 12.4. The number of halogens is 1. The van der Waals surface area contributed by atoms with Gasteiger partial charge in [-0.1, -0.05) is 15.9 Å². The van der Waals surface area contributed by atoms with Crippen molar-refractivity contribution in [3.8, 4) is 0 Å². The van der Waals surface area contributed by atoms with Gasteiger partial charge in [0.05, 0.1) is 0 Å². The monoisotopic (exact) mass is 301 g/mol. The zero-order chi connectivity index (χ0) is 11.4. The molecule has 16 heavy (non-hydrogen) atoms. The molecule has 0 aromatic heterocycles. The second-order valence-electron chi connectivity index (χ2n) is 3.93. The second-order valence-corrected chi connectivity index (χ2v) is 6.08. The number of ether oxygens (including phenoxy) is 1. The average molecular weight is 302 g/mol. The van der Waals surface area contributed by atoms with E-state index in [2.05, 4.69) is 51.5 Å². The van der Waals surface area contributed by atoms with Gasteiger partial charge in [0, 0.05) is 28.6 Å². The van der Waals surface area contributed by atoms with Crippen LogP contribution in [0.1, 0.15) is 12.8 Å². The van der Waals surface area contributed by atoms with Gasteiger partial charge in [-0.2, -0.15) is 0 Å². The maximum Gasteiger partial charge on any atom is 0.0481 e. The highest BCUT2D eigenvalue weighted by Crippen LogP contribution is 2.27. The first-order chi connectivity index (χ1) is 7.75. The highest BCUT2D eigenvalue weighted by atomic mass is 79.9. The summed E-state index contributed by atoms with van der Waals surface area (Å²) in [5.41, 5.74) is 0. The van der Waals surface area contributed by atoms with Gasteiger partial charge in [0.2, 0.25) is 0 Å². The summed E-state index contributed by atoms with van der Waals surface area (Å²) in [6.45, 7) is 1.80. The van der Waals surface area contributed by atoms with Crippen LogP contribution in [0.5, 0.6) is 0 Å². The number of hydrogen-bond donors (Lipinski definition) is 0. The van der Waals surface area contributed by atoms with E-state index in [4.69, 9.17) is 4.74 Å². The zero-order valence-corrected chi connectivity index (χ0v) is 11.8. The lowest BCUT2D eigenvalue weighted by Gasteiger charge is -2.30. The maximum atomic E-state index is 5.37. The predicted molar refractivity (Wildman–Crippen MR) is 71.6 cm³/mol. The number of nitrogens with zero attached hydrogens (tertiary/aromatic N) is 1. The lowest BCUT2D eigenvalue weighted by Crippen LogP contribution is -2.32. The largest absolute Gasteiger partial charge is 0.381 e. The van der Waals surface area contributed by atoms with E-state index in [0.717, 1.165) is 30.5 Å². The van der Waals surface area contributed by atoms with E-state index in [1.54, 1.807) is 0 Å². The van der Waals surface area contributed by atoms with Crippen molar-refractivity contribution in [2.45, 2.75) is 23.8 Å². The molecule has 0 radical (unpaired) electrons. The minimum absolute atomic E-state index is 0.641. The summed E-state index contributed by atoms with van der Waals surface area (Å²) in [6.07, 6.45) is 2.28.